The zero-order valence-electron chi connectivity index (χ0n) is 11.9. The van der Waals surface area contributed by atoms with Gasteiger partial charge >= 0.3 is 0 Å². The third-order valence-corrected chi connectivity index (χ3v) is 4.17. The van der Waals surface area contributed by atoms with E-state index in [0.717, 1.165) is 33.4 Å². The van der Waals surface area contributed by atoms with Crippen LogP contribution in [0.4, 0.5) is 5.13 Å². The van der Waals surface area contributed by atoms with Crippen molar-refractivity contribution in [3.05, 3.63) is 48.0 Å². The van der Waals surface area contributed by atoms with Gasteiger partial charge in [0.2, 0.25) is 0 Å². The molecule has 2 aromatic carbocycles. The Balaban J connectivity index is 1.72. The highest BCUT2D eigenvalue weighted by atomic mass is 32.1. The number of nitrogens with zero attached hydrogens (tertiary/aromatic N) is 1. The summed E-state index contributed by atoms with van der Waals surface area (Å²) in [7, 11) is 3.34. The second-order valence-corrected chi connectivity index (χ2v) is 5.58. The van der Waals surface area contributed by atoms with Crippen molar-refractivity contribution in [2.75, 3.05) is 19.5 Å². The van der Waals surface area contributed by atoms with Crippen LogP contribution < -0.4 is 14.8 Å². The van der Waals surface area contributed by atoms with Gasteiger partial charge in [-0.25, -0.2) is 4.98 Å². The Labute approximate surface area is 127 Å². The van der Waals surface area contributed by atoms with Gasteiger partial charge in [-0.15, -0.1) is 0 Å². The Morgan fingerprint density at radius 3 is 2.43 bits per heavy atom. The molecule has 0 unspecified atom stereocenters. The van der Waals surface area contributed by atoms with E-state index < -0.39 is 0 Å². The lowest BCUT2D eigenvalue weighted by molar-refractivity contribution is 0.414. The molecule has 0 aliphatic heterocycles. The van der Waals surface area contributed by atoms with Gasteiger partial charge in [-0.2, -0.15) is 0 Å². The van der Waals surface area contributed by atoms with Gasteiger partial charge in [0.25, 0.3) is 0 Å². The fourth-order valence-corrected chi connectivity index (χ4v) is 2.92. The maximum absolute atomic E-state index is 5.23. The molecule has 4 nitrogen and oxygen atoms in total. The molecule has 0 fully saturated rings. The highest BCUT2D eigenvalue weighted by Gasteiger charge is 2.05. The highest BCUT2D eigenvalue weighted by Crippen LogP contribution is 2.29. The van der Waals surface area contributed by atoms with E-state index in [0.29, 0.717) is 0 Å². The van der Waals surface area contributed by atoms with E-state index in [1.807, 2.05) is 42.5 Å². The number of rotatable bonds is 5. The van der Waals surface area contributed by atoms with Crippen molar-refractivity contribution < 1.29 is 9.47 Å². The maximum atomic E-state index is 5.23. The van der Waals surface area contributed by atoms with Crippen LogP contribution in [0.15, 0.2) is 42.5 Å². The van der Waals surface area contributed by atoms with Gasteiger partial charge in [0.15, 0.2) is 5.13 Å². The predicted octanol–water partition coefficient (Wildman–Crippen LogP) is 3.93. The van der Waals surface area contributed by atoms with E-state index in [4.69, 9.17) is 9.47 Å². The Bertz CT molecular complexity index is 738. The number of aromatic nitrogens is 1. The number of hydrogen-bond donors (Lipinski definition) is 1. The van der Waals surface area contributed by atoms with Gasteiger partial charge in [-0.05, 0) is 35.9 Å². The third kappa shape index (κ3) is 3.08. The van der Waals surface area contributed by atoms with E-state index in [9.17, 15) is 0 Å². The van der Waals surface area contributed by atoms with Crippen LogP contribution in [0.2, 0.25) is 0 Å². The highest BCUT2D eigenvalue weighted by molar-refractivity contribution is 7.22. The molecular weight excluding hydrogens is 284 g/mol. The van der Waals surface area contributed by atoms with E-state index in [2.05, 4.69) is 10.3 Å². The van der Waals surface area contributed by atoms with Crippen LogP contribution >= 0.6 is 11.3 Å². The number of anilines is 1. The number of hydrogen-bond acceptors (Lipinski definition) is 5. The molecule has 21 heavy (non-hydrogen) atoms. The van der Waals surface area contributed by atoms with Crippen molar-refractivity contribution in [2.45, 2.75) is 6.54 Å². The summed E-state index contributed by atoms with van der Waals surface area (Å²) >= 11 is 1.63. The smallest absolute Gasteiger partial charge is 0.184 e. The molecule has 5 heteroatoms. The first-order valence-corrected chi connectivity index (χ1v) is 7.41. The molecule has 1 aromatic heterocycles. The number of thiazole rings is 1. The summed E-state index contributed by atoms with van der Waals surface area (Å²) < 4.78 is 11.5. The summed E-state index contributed by atoms with van der Waals surface area (Å²) in [4.78, 5) is 4.56. The lowest BCUT2D eigenvalue weighted by atomic mass is 10.2. The minimum absolute atomic E-state index is 0.737. The Kier molecular flexibility index (Phi) is 3.92. The Hall–Kier alpha value is -2.27. The molecule has 108 valence electrons. The van der Waals surface area contributed by atoms with E-state index in [1.165, 1.54) is 5.56 Å². The number of ether oxygens (including phenoxy) is 2. The Morgan fingerprint density at radius 1 is 1.00 bits per heavy atom. The van der Waals surface area contributed by atoms with Crippen LogP contribution in [0, 0.1) is 0 Å². The fourth-order valence-electron chi connectivity index (χ4n) is 2.03. The molecular formula is C16H16N2O2S. The van der Waals surface area contributed by atoms with Crippen molar-refractivity contribution in [3.63, 3.8) is 0 Å². The van der Waals surface area contributed by atoms with Crippen molar-refractivity contribution >= 4 is 26.7 Å². The first-order valence-electron chi connectivity index (χ1n) is 6.60. The number of fused-ring (bicyclic) bond motifs is 1. The normalized spacial score (nSPS) is 10.6. The molecule has 0 radical (unpaired) electrons. The van der Waals surface area contributed by atoms with Gasteiger partial charge in [-0.1, -0.05) is 23.5 Å². The molecule has 0 aliphatic rings. The first kappa shape index (κ1) is 13.7. The van der Waals surface area contributed by atoms with Crippen LogP contribution in [-0.2, 0) is 6.54 Å². The molecule has 3 aromatic rings. The van der Waals surface area contributed by atoms with Crippen molar-refractivity contribution in [2.24, 2.45) is 0 Å². The minimum atomic E-state index is 0.737. The summed E-state index contributed by atoms with van der Waals surface area (Å²) in [6, 6.07) is 13.9. The van der Waals surface area contributed by atoms with Crippen LogP contribution in [0.25, 0.3) is 10.2 Å². The molecule has 1 heterocycles. The number of benzene rings is 2. The van der Waals surface area contributed by atoms with Gasteiger partial charge in [0.05, 0.1) is 24.4 Å². The standard InChI is InChI=1S/C16H16N2O2S/c1-19-12-5-3-11(4-6-12)10-17-16-18-14-8-7-13(20-2)9-15(14)21-16/h3-9H,10H2,1-2H3,(H,17,18). The second-order valence-electron chi connectivity index (χ2n) is 4.55. The van der Waals surface area contributed by atoms with Crippen molar-refractivity contribution in [3.8, 4) is 11.5 Å². The fraction of sp³-hybridized carbons (Fsp3) is 0.188. The zero-order valence-corrected chi connectivity index (χ0v) is 12.7. The number of methoxy groups -OCH3 is 2. The lowest BCUT2D eigenvalue weighted by Crippen LogP contribution is -1.98. The Morgan fingerprint density at radius 2 is 1.71 bits per heavy atom. The van der Waals surface area contributed by atoms with Crippen LogP contribution in [-0.4, -0.2) is 19.2 Å². The largest absolute Gasteiger partial charge is 0.497 e. The number of nitrogens with one attached hydrogen (secondary N) is 1. The second kappa shape index (κ2) is 6.01. The molecule has 0 atom stereocenters. The van der Waals surface area contributed by atoms with E-state index in [1.54, 1.807) is 25.6 Å². The predicted molar refractivity (Wildman–Crippen MR) is 86.5 cm³/mol. The molecule has 0 saturated heterocycles. The molecule has 0 amide bonds. The quantitative estimate of drug-likeness (QED) is 0.775. The topological polar surface area (TPSA) is 43.4 Å². The molecule has 0 spiro atoms. The summed E-state index contributed by atoms with van der Waals surface area (Å²) in [6.45, 7) is 0.737. The van der Waals surface area contributed by atoms with Crippen LogP contribution in [0.5, 0.6) is 11.5 Å². The average molecular weight is 300 g/mol. The average Bonchev–Trinajstić information content (AvgIpc) is 2.95. The van der Waals surface area contributed by atoms with Gasteiger partial charge in [0, 0.05) is 6.54 Å². The maximum Gasteiger partial charge on any atom is 0.184 e. The summed E-state index contributed by atoms with van der Waals surface area (Å²) in [5.41, 5.74) is 2.17. The van der Waals surface area contributed by atoms with Gasteiger partial charge in [-0.3, -0.25) is 0 Å². The monoisotopic (exact) mass is 300 g/mol. The summed E-state index contributed by atoms with van der Waals surface area (Å²) in [5, 5.41) is 4.26. The minimum Gasteiger partial charge on any atom is -0.497 e. The molecule has 0 aliphatic carbocycles. The summed E-state index contributed by atoms with van der Waals surface area (Å²) in [6.07, 6.45) is 0. The van der Waals surface area contributed by atoms with Crippen molar-refractivity contribution in [1.29, 1.82) is 0 Å². The van der Waals surface area contributed by atoms with E-state index in [-0.39, 0.29) is 0 Å². The van der Waals surface area contributed by atoms with Crippen molar-refractivity contribution in [1.82, 2.24) is 4.98 Å². The van der Waals surface area contributed by atoms with Gasteiger partial charge in [0.1, 0.15) is 11.5 Å². The van der Waals surface area contributed by atoms with Gasteiger partial charge < -0.3 is 14.8 Å². The van der Waals surface area contributed by atoms with Crippen LogP contribution in [0.3, 0.4) is 0 Å². The summed E-state index contributed by atoms with van der Waals surface area (Å²) in [5.74, 6) is 1.72. The SMILES string of the molecule is COc1ccc(CNc2nc3ccc(OC)cc3s2)cc1. The molecule has 1 N–H and O–H groups in total. The van der Waals surface area contributed by atoms with Crippen LogP contribution in [0.1, 0.15) is 5.56 Å². The lowest BCUT2D eigenvalue weighted by Gasteiger charge is -2.04. The third-order valence-electron chi connectivity index (χ3n) is 3.20. The molecule has 0 saturated carbocycles. The van der Waals surface area contributed by atoms with E-state index >= 15 is 0 Å². The zero-order chi connectivity index (χ0) is 14.7. The molecule has 0 bridgehead atoms. The molecule has 3 rings (SSSR count). The first-order chi connectivity index (χ1) is 10.3.